The first-order valence-electron chi connectivity index (χ1n) is 14.6. The van der Waals surface area contributed by atoms with Crippen LogP contribution < -0.4 is 19.9 Å². The van der Waals surface area contributed by atoms with Crippen LogP contribution in [0.5, 0.6) is 11.6 Å². The van der Waals surface area contributed by atoms with Crippen LogP contribution in [0.1, 0.15) is 49.9 Å². The maximum Gasteiger partial charge on any atom is 0.255 e. The first kappa shape index (κ1) is 27.0. The number of aromatic nitrogens is 2. The number of hydrogen-bond donors (Lipinski definition) is 1. The van der Waals surface area contributed by atoms with Crippen molar-refractivity contribution in [3.8, 4) is 11.6 Å². The molecule has 2 fully saturated rings. The Hall–Kier alpha value is -4.20. The van der Waals surface area contributed by atoms with Gasteiger partial charge in [-0.05, 0) is 67.9 Å². The molecule has 1 amide bonds. The average Bonchev–Trinajstić information content (AvgIpc) is 2.98. The highest BCUT2D eigenvalue weighted by molar-refractivity contribution is 6.10. The van der Waals surface area contributed by atoms with Crippen molar-refractivity contribution in [2.75, 3.05) is 41.3 Å². The maximum atomic E-state index is 14.5. The monoisotopic (exact) mass is 553 g/mol. The molecule has 0 radical (unpaired) electrons. The third-order valence-electron chi connectivity index (χ3n) is 7.98. The Balaban J connectivity index is 1.24. The molecule has 6 rings (SSSR count). The number of anilines is 3. The van der Waals surface area contributed by atoms with Crippen molar-refractivity contribution < 1.29 is 13.9 Å². The molecule has 2 aliphatic heterocycles. The molecular weight excluding hydrogens is 517 g/mol. The van der Waals surface area contributed by atoms with Gasteiger partial charge >= 0.3 is 0 Å². The van der Waals surface area contributed by atoms with Crippen molar-refractivity contribution >= 4 is 34.0 Å². The molecule has 212 valence electrons. The molecule has 41 heavy (non-hydrogen) atoms. The molecule has 7 nitrogen and oxygen atoms in total. The van der Waals surface area contributed by atoms with Gasteiger partial charge < -0.3 is 19.9 Å². The number of rotatable bonds is 6. The van der Waals surface area contributed by atoms with Gasteiger partial charge in [-0.1, -0.05) is 38.1 Å². The van der Waals surface area contributed by atoms with E-state index in [0.717, 1.165) is 55.5 Å². The minimum absolute atomic E-state index is 0.296. The van der Waals surface area contributed by atoms with E-state index in [1.165, 1.54) is 25.0 Å². The highest BCUT2D eigenvalue weighted by Crippen LogP contribution is 2.35. The molecule has 2 atom stereocenters. The van der Waals surface area contributed by atoms with E-state index in [4.69, 9.17) is 9.72 Å². The van der Waals surface area contributed by atoms with Gasteiger partial charge in [0.2, 0.25) is 11.8 Å². The van der Waals surface area contributed by atoms with Crippen LogP contribution in [0.25, 0.3) is 10.8 Å². The lowest BCUT2D eigenvalue weighted by atomic mass is 9.92. The number of amides is 1. The lowest BCUT2D eigenvalue weighted by Gasteiger charge is -2.34. The topological polar surface area (TPSA) is 70.6 Å². The fourth-order valence-corrected chi connectivity index (χ4v) is 6.18. The first-order chi connectivity index (χ1) is 19.9. The zero-order valence-corrected chi connectivity index (χ0v) is 23.6. The van der Waals surface area contributed by atoms with Gasteiger partial charge in [-0.25, -0.2) is 9.37 Å². The van der Waals surface area contributed by atoms with Crippen LogP contribution >= 0.6 is 0 Å². The summed E-state index contributed by atoms with van der Waals surface area (Å²) in [5.74, 6) is 2.17. The number of halogens is 1. The quantitative estimate of drug-likeness (QED) is 0.270. The number of nitrogens with one attached hydrogen (secondary N) is 1. The predicted octanol–water partition coefficient (Wildman–Crippen LogP) is 7.29. The van der Waals surface area contributed by atoms with Gasteiger partial charge in [-0.2, -0.15) is 4.98 Å². The zero-order valence-electron chi connectivity index (χ0n) is 23.6. The Morgan fingerprint density at radius 3 is 2.46 bits per heavy atom. The molecule has 4 aromatic rings. The maximum absolute atomic E-state index is 14.5. The summed E-state index contributed by atoms with van der Waals surface area (Å²) in [6.45, 7) is 8.13. The highest BCUT2D eigenvalue weighted by atomic mass is 19.1. The summed E-state index contributed by atoms with van der Waals surface area (Å²) in [5, 5.41) is 4.65. The smallest absolute Gasteiger partial charge is 0.255 e. The minimum atomic E-state index is -0.412. The van der Waals surface area contributed by atoms with Crippen molar-refractivity contribution in [3.05, 3.63) is 78.2 Å². The van der Waals surface area contributed by atoms with Crippen molar-refractivity contribution in [3.63, 3.8) is 0 Å². The summed E-state index contributed by atoms with van der Waals surface area (Å²) in [4.78, 5) is 26.9. The largest absolute Gasteiger partial charge is 0.438 e. The Kier molecular flexibility index (Phi) is 7.72. The summed E-state index contributed by atoms with van der Waals surface area (Å²) in [5.41, 5.74) is 1.67. The van der Waals surface area contributed by atoms with E-state index >= 15 is 0 Å². The fourth-order valence-electron chi connectivity index (χ4n) is 6.18. The summed E-state index contributed by atoms with van der Waals surface area (Å²) in [6.07, 6.45) is 6.27. The third kappa shape index (κ3) is 6.11. The Bertz CT molecular complexity index is 1540. The van der Waals surface area contributed by atoms with Crippen molar-refractivity contribution in [1.82, 2.24) is 9.97 Å². The number of benzene rings is 3. The van der Waals surface area contributed by atoms with Gasteiger partial charge in [-0.3, -0.25) is 4.79 Å². The van der Waals surface area contributed by atoms with Crippen LogP contribution in [0.4, 0.5) is 21.7 Å². The van der Waals surface area contributed by atoms with Crippen LogP contribution in [-0.2, 0) is 0 Å². The molecular formula is C33H36FN5O2. The van der Waals surface area contributed by atoms with Crippen molar-refractivity contribution in [2.24, 2.45) is 11.8 Å². The predicted molar refractivity (Wildman–Crippen MR) is 162 cm³/mol. The number of fused-ring (bicyclic) bond motifs is 1. The van der Waals surface area contributed by atoms with E-state index in [0.29, 0.717) is 40.7 Å². The van der Waals surface area contributed by atoms with Gasteiger partial charge in [0.1, 0.15) is 11.6 Å². The van der Waals surface area contributed by atoms with Crippen LogP contribution in [0.15, 0.2) is 66.9 Å². The van der Waals surface area contributed by atoms with Gasteiger partial charge in [0, 0.05) is 66.2 Å². The SMILES string of the molecule is CC1CC(C)CN(c2nccc(Oc3ccc(NC(=O)c4cc(F)cc(N5CCCCC5)c4)c4ccccc34)n2)C1. The number of hydrogen-bond acceptors (Lipinski definition) is 6. The second-order valence-electron chi connectivity index (χ2n) is 11.5. The molecule has 0 spiro atoms. The highest BCUT2D eigenvalue weighted by Gasteiger charge is 2.24. The number of carbonyl (C=O) groups is 1. The van der Waals surface area contributed by atoms with E-state index < -0.39 is 5.82 Å². The lowest BCUT2D eigenvalue weighted by Crippen LogP contribution is -2.39. The Labute approximate surface area is 240 Å². The number of piperidine rings is 2. The summed E-state index contributed by atoms with van der Waals surface area (Å²) < 4.78 is 20.8. The molecule has 0 bridgehead atoms. The normalized spacial score (nSPS) is 19.3. The molecule has 2 saturated heterocycles. The first-order valence-corrected chi connectivity index (χ1v) is 14.6. The number of carbonyl (C=O) groups excluding carboxylic acids is 1. The molecule has 1 aromatic heterocycles. The minimum Gasteiger partial charge on any atom is -0.438 e. The zero-order chi connectivity index (χ0) is 28.3. The van der Waals surface area contributed by atoms with Gasteiger partial charge in [0.15, 0.2) is 0 Å². The van der Waals surface area contributed by atoms with Gasteiger partial charge in [0.05, 0.1) is 0 Å². The molecule has 8 heteroatoms. The standard InChI is InChI=1S/C33H36FN5O2/c1-22-16-23(2)21-39(20-22)33-35-13-12-31(37-33)41-30-11-10-29(27-8-4-5-9-28(27)30)36-32(40)24-17-25(34)19-26(18-24)38-14-6-3-7-15-38/h4-5,8-13,17-19,22-23H,3,6-7,14-16,20-21H2,1-2H3,(H,36,40). The number of nitrogens with zero attached hydrogens (tertiary/aromatic N) is 4. The Morgan fingerprint density at radius 2 is 1.68 bits per heavy atom. The molecule has 2 aliphatic rings. The van der Waals surface area contributed by atoms with E-state index in [1.54, 1.807) is 18.3 Å². The molecule has 0 saturated carbocycles. The molecule has 2 unspecified atom stereocenters. The van der Waals surface area contributed by atoms with Crippen LogP contribution in [0.3, 0.4) is 0 Å². The summed E-state index contributed by atoms with van der Waals surface area (Å²) >= 11 is 0. The molecule has 3 aromatic carbocycles. The van der Waals surface area contributed by atoms with Crippen LogP contribution in [-0.4, -0.2) is 42.1 Å². The molecule has 0 aliphatic carbocycles. The van der Waals surface area contributed by atoms with E-state index in [1.807, 2.05) is 36.4 Å². The van der Waals surface area contributed by atoms with Crippen LogP contribution in [0.2, 0.25) is 0 Å². The lowest BCUT2D eigenvalue weighted by molar-refractivity contribution is 0.102. The van der Waals surface area contributed by atoms with E-state index in [9.17, 15) is 9.18 Å². The van der Waals surface area contributed by atoms with E-state index in [-0.39, 0.29) is 5.91 Å². The van der Waals surface area contributed by atoms with Crippen LogP contribution in [0, 0.1) is 17.7 Å². The Morgan fingerprint density at radius 1 is 0.927 bits per heavy atom. The van der Waals surface area contributed by atoms with E-state index in [2.05, 4.69) is 33.9 Å². The van der Waals surface area contributed by atoms with Gasteiger partial charge in [0.25, 0.3) is 5.91 Å². The average molecular weight is 554 g/mol. The van der Waals surface area contributed by atoms with Crippen molar-refractivity contribution in [1.29, 1.82) is 0 Å². The molecule has 3 heterocycles. The third-order valence-corrected chi connectivity index (χ3v) is 7.98. The summed E-state index contributed by atoms with van der Waals surface area (Å²) in [6, 6.07) is 17.7. The van der Waals surface area contributed by atoms with Gasteiger partial charge in [-0.15, -0.1) is 0 Å². The fraction of sp³-hybridized carbons (Fsp3) is 0.364. The van der Waals surface area contributed by atoms with Crippen molar-refractivity contribution in [2.45, 2.75) is 39.5 Å². The second-order valence-corrected chi connectivity index (χ2v) is 11.5. The number of ether oxygens (including phenoxy) is 1. The molecule has 1 N–H and O–H groups in total. The second kappa shape index (κ2) is 11.7. The summed E-state index contributed by atoms with van der Waals surface area (Å²) in [7, 11) is 0.